The molecule has 1 spiro atoms. The number of likely N-dealkylation sites (tertiary alicyclic amines) is 1. The first-order chi connectivity index (χ1) is 9.77. The summed E-state index contributed by atoms with van der Waals surface area (Å²) < 4.78 is 0. The van der Waals surface area contributed by atoms with E-state index >= 15 is 0 Å². The second-order valence-corrected chi connectivity index (χ2v) is 7.16. The summed E-state index contributed by atoms with van der Waals surface area (Å²) in [5.41, 5.74) is 3.19. The van der Waals surface area contributed by atoms with Crippen molar-refractivity contribution in [1.82, 2.24) is 4.90 Å². The smallest absolute Gasteiger partial charge is 0.0951 e. The predicted molar refractivity (Wildman–Crippen MR) is 80.6 cm³/mol. The monoisotopic (exact) mass is 271 g/mol. The highest BCUT2D eigenvalue weighted by atomic mass is 16.3. The molecule has 0 radical (unpaired) electrons. The van der Waals surface area contributed by atoms with Crippen molar-refractivity contribution in [2.75, 3.05) is 13.1 Å². The number of fused-ring (bicyclic) bond motifs is 1. The van der Waals surface area contributed by atoms with Crippen molar-refractivity contribution in [3.63, 3.8) is 0 Å². The van der Waals surface area contributed by atoms with E-state index in [-0.39, 0.29) is 6.10 Å². The molecule has 1 aliphatic heterocycles. The number of hydrogen-bond acceptors (Lipinski definition) is 2. The third kappa shape index (κ3) is 2.01. The summed E-state index contributed by atoms with van der Waals surface area (Å²) in [5.74, 6) is 0. The van der Waals surface area contributed by atoms with Crippen LogP contribution in [-0.4, -0.2) is 29.1 Å². The van der Waals surface area contributed by atoms with Crippen molar-refractivity contribution in [3.05, 3.63) is 35.4 Å². The van der Waals surface area contributed by atoms with Crippen LogP contribution in [0, 0.1) is 5.41 Å². The van der Waals surface area contributed by atoms with Gasteiger partial charge in [0.25, 0.3) is 0 Å². The van der Waals surface area contributed by atoms with Crippen molar-refractivity contribution in [1.29, 1.82) is 0 Å². The Hall–Kier alpha value is -0.860. The molecule has 2 atom stereocenters. The van der Waals surface area contributed by atoms with Gasteiger partial charge < -0.3 is 5.11 Å². The minimum absolute atomic E-state index is 0.274. The third-order valence-corrected chi connectivity index (χ3v) is 6.16. The van der Waals surface area contributed by atoms with Crippen molar-refractivity contribution in [3.8, 4) is 0 Å². The van der Waals surface area contributed by atoms with Crippen molar-refractivity contribution in [2.45, 2.75) is 57.1 Å². The van der Waals surface area contributed by atoms with Crippen LogP contribution >= 0.6 is 0 Å². The molecule has 2 unspecified atom stereocenters. The van der Waals surface area contributed by atoms with E-state index in [1.165, 1.54) is 62.7 Å². The second-order valence-electron chi connectivity index (χ2n) is 7.16. The number of aliphatic hydroxyl groups is 1. The number of benzene rings is 1. The lowest BCUT2D eigenvalue weighted by Crippen LogP contribution is -2.46. The molecule has 108 valence electrons. The highest BCUT2D eigenvalue weighted by Gasteiger charge is 2.41. The zero-order valence-electron chi connectivity index (χ0n) is 12.2. The minimum Gasteiger partial charge on any atom is -0.387 e. The molecular formula is C18H25NO. The Balaban J connectivity index is 1.46. The minimum atomic E-state index is -0.274. The Morgan fingerprint density at radius 1 is 1.00 bits per heavy atom. The number of nitrogens with zero attached hydrogens (tertiary/aromatic N) is 1. The van der Waals surface area contributed by atoms with Crippen molar-refractivity contribution in [2.24, 2.45) is 5.41 Å². The molecule has 3 aliphatic rings. The van der Waals surface area contributed by atoms with Gasteiger partial charge in [-0.05, 0) is 61.7 Å². The van der Waals surface area contributed by atoms with Crippen LogP contribution in [0.3, 0.4) is 0 Å². The average molecular weight is 271 g/mol. The second kappa shape index (κ2) is 4.85. The lowest BCUT2D eigenvalue weighted by molar-refractivity contribution is 0.0173. The van der Waals surface area contributed by atoms with Gasteiger partial charge in [0.05, 0.1) is 6.10 Å². The van der Waals surface area contributed by atoms with E-state index in [4.69, 9.17) is 0 Å². The molecule has 4 rings (SSSR count). The van der Waals surface area contributed by atoms with Crippen molar-refractivity contribution >= 4 is 0 Å². The van der Waals surface area contributed by atoms with Gasteiger partial charge in [-0.25, -0.2) is 0 Å². The maximum atomic E-state index is 10.6. The van der Waals surface area contributed by atoms with Gasteiger partial charge in [0, 0.05) is 6.04 Å². The maximum absolute atomic E-state index is 10.6. The summed E-state index contributed by atoms with van der Waals surface area (Å²) in [5, 5.41) is 10.6. The number of hydrogen-bond donors (Lipinski definition) is 1. The fraction of sp³-hybridized carbons (Fsp3) is 0.667. The van der Waals surface area contributed by atoms with E-state index in [0.29, 0.717) is 11.5 Å². The molecule has 1 N–H and O–H groups in total. The lowest BCUT2D eigenvalue weighted by atomic mass is 9.76. The van der Waals surface area contributed by atoms with Crippen LogP contribution < -0.4 is 0 Å². The number of piperidine rings is 1. The molecule has 1 heterocycles. The topological polar surface area (TPSA) is 23.5 Å². The summed E-state index contributed by atoms with van der Waals surface area (Å²) in [6.45, 7) is 2.38. The van der Waals surface area contributed by atoms with E-state index in [2.05, 4.69) is 23.1 Å². The summed E-state index contributed by atoms with van der Waals surface area (Å²) in [6.07, 6.45) is 9.25. The largest absolute Gasteiger partial charge is 0.387 e. The van der Waals surface area contributed by atoms with Crippen LogP contribution in [0.2, 0.25) is 0 Å². The summed E-state index contributed by atoms with van der Waals surface area (Å²) in [7, 11) is 0. The number of aliphatic hydroxyl groups excluding tert-OH is 1. The van der Waals surface area contributed by atoms with Gasteiger partial charge in [-0.3, -0.25) is 4.90 Å². The first-order valence-corrected chi connectivity index (χ1v) is 8.27. The van der Waals surface area contributed by atoms with Gasteiger partial charge in [-0.15, -0.1) is 0 Å². The molecule has 20 heavy (non-hydrogen) atoms. The highest BCUT2D eigenvalue weighted by Crippen LogP contribution is 2.47. The van der Waals surface area contributed by atoms with E-state index in [9.17, 15) is 5.11 Å². The molecule has 1 saturated heterocycles. The van der Waals surface area contributed by atoms with Crippen molar-refractivity contribution < 1.29 is 5.11 Å². The molecule has 2 fully saturated rings. The molecular weight excluding hydrogens is 246 g/mol. The summed E-state index contributed by atoms with van der Waals surface area (Å²) in [6, 6.07) is 8.75. The van der Waals surface area contributed by atoms with Crippen LogP contribution in [0.1, 0.15) is 55.8 Å². The molecule has 1 aromatic rings. The molecule has 0 aromatic heterocycles. The average Bonchev–Trinajstić information content (AvgIpc) is 3.07. The maximum Gasteiger partial charge on any atom is 0.0951 e. The molecule has 0 amide bonds. The predicted octanol–water partition coefficient (Wildman–Crippen LogP) is 3.30. The summed E-state index contributed by atoms with van der Waals surface area (Å²) >= 11 is 0. The summed E-state index contributed by atoms with van der Waals surface area (Å²) in [4.78, 5) is 2.56. The Morgan fingerprint density at radius 3 is 2.40 bits per heavy atom. The van der Waals surface area contributed by atoms with Crippen LogP contribution in [0.15, 0.2) is 24.3 Å². The number of rotatable bonds is 1. The van der Waals surface area contributed by atoms with Gasteiger partial charge >= 0.3 is 0 Å². The SMILES string of the molecule is OC1c2ccccc2CC1N1CCC2(CCCC2)CC1. The normalized spacial score (nSPS) is 32.6. The fourth-order valence-electron chi connectivity index (χ4n) is 4.84. The molecule has 2 heteroatoms. The quantitative estimate of drug-likeness (QED) is 0.847. The zero-order valence-corrected chi connectivity index (χ0v) is 12.2. The first-order valence-electron chi connectivity index (χ1n) is 8.27. The molecule has 2 nitrogen and oxygen atoms in total. The van der Waals surface area contributed by atoms with Gasteiger partial charge in [0.2, 0.25) is 0 Å². The van der Waals surface area contributed by atoms with E-state index < -0.39 is 0 Å². The van der Waals surface area contributed by atoms with Gasteiger partial charge in [0.15, 0.2) is 0 Å². The standard InChI is InChI=1S/C18H25NO/c20-17-15-6-2-1-5-14(15)13-16(17)19-11-9-18(10-12-19)7-3-4-8-18/h1-2,5-6,16-17,20H,3-4,7-13H2. The van der Waals surface area contributed by atoms with E-state index in [1.54, 1.807) is 0 Å². The Bertz CT molecular complexity index is 482. The third-order valence-electron chi connectivity index (χ3n) is 6.16. The zero-order chi connectivity index (χ0) is 13.6. The molecule has 2 aliphatic carbocycles. The Labute approximate surface area is 121 Å². The van der Waals surface area contributed by atoms with Crippen LogP contribution in [0.5, 0.6) is 0 Å². The van der Waals surface area contributed by atoms with Gasteiger partial charge in [-0.1, -0.05) is 37.1 Å². The molecule has 1 aromatic carbocycles. The highest BCUT2D eigenvalue weighted by molar-refractivity contribution is 5.36. The van der Waals surface area contributed by atoms with Gasteiger partial charge in [0.1, 0.15) is 0 Å². The lowest BCUT2D eigenvalue weighted by Gasteiger charge is -2.42. The fourth-order valence-corrected chi connectivity index (χ4v) is 4.84. The Morgan fingerprint density at radius 2 is 1.70 bits per heavy atom. The Kier molecular flexibility index (Phi) is 3.12. The van der Waals surface area contributed by atoms with E-state index in [0.717, 1.165) is 6.42 Å². The first kappa shape index (κ1) is 12.8. The van der Waals surface area contributed by atoms with Crippen LogP contribution in [-0.2, 0) is 6.42 Å². The van der Waals surface area contributed by atoms with Crippen LogP contribution in [0.4, 0.5) is 0 Å². The van der Waals surface area contributed by atoms with E-state index in [1.807, 2.05) is 6.07 Å². The van der Waals surface area contributed by atoms with Crippen LogP contribution in [0.25, 0.3) is 0 Å². The molecule has 0 bridgehead atoms. The molecule has 1 saturated carbocycles. The van der Waals surface area contributed by atoms with Gasteiger partial charge in [-0.2, -0.15) is 0 Å².